The average Bonchev–Trinajstić information content (AvgIpc) is 3.34. The number of rotatable bonds is 5. The van der Waals surface area contributed by atoms with Crippen molar-refractivity contribution in [3.63, 3.8) is 0 Å². The summed E-state index contributed by atoms with van der Waals surface area (Å²) in [6.07, 6.45) is 1.41. The van der Waals surface area contributed by atoms with Crippen molar-refractivity contribution in [2.24, 2.45) is 0 Å². The second kappa shape index (κ2) is 6.02. The molecule has 0 aromatic heterocycles. The summed E-state index contributed by atoms with van der Waals surface area (Å²) in [6.45, 7) is 0. The predicted molar refractivity (Wildman–Crippen MR) is 84.5 cm³/mol. The Morgan fingerprint density at radius 3 is 2.45 bits per heavy atom. The molecule has 0 bridgehead atoms. The van der Waals surface area contributed by atoms with E-state index < -0.39 is 6.09 Å². The van der Waals surface area contributed by atoms with Gasteiger partial charge < -0.3 is 5.11 Å². The highest BCUT2D eigenvalue weighted by Gasteiger charge is 2.24. The van der Waals surface area contributed by atoms with Crippen molar-refractivity contribution in [3.8, 4) is 0 Å². The number of Topliss-reactive ketones (excluding diaryl/α,β-unsaturated/α-hetero) is 1. The van der Waals surface area contributed by atoms with E-state index in [1.54, 1.807) is 18.2 Å². The SMILES string of the molecule is O=C(O)Nc1ccc(C2CC2)cc1CC(=O)c1ccccc1. The molecule has 0 unspecified atom stereocenters. The first-order chi connectivity index (χ1) is 10.6. The van der Waals surface area contributed by atoms with Crippen molar-refractivity contribution in [2.75, 3.05) is 5.32 Å². The maximum atomic E-state index is 12.4. The third kappa shape index (κ3) is 3.34. The summed E-state index contributed by atoms with van der Waals surface area (Å²) in [5.41, 5.74) is 3.05. The molecule has 3 rings (SSSR count). The van der Waals surface area contributed by atoms with Crippen LogP contribution < -0.4 is 5.32 Å². The Balaban J connectivity index is 1.87. The van der Waals surface area contributed by atoms with Crippen molar-refractivity contribution >= 4 is 17.6 Å². The van der Waals surface area contributed by atoms with Crippen molar-refractivity contribution in [1.29, 1.82) is 0 Å². The number of hydrogen-bond acceptors (Lipinski definition) is 2. The summed E-state index contributed by atoms with van der Waals surface area (Å²) in [4.78, 5) is 23.3. The summed E-state index contributed by atoms with van der Waals surface area (Å²) in [5.74, 6) is 0.548. The van der Waals surface area contributed by atoms with Crippen LogP contribution in [0.15, 0.2) is 48.5 Å². The van der Waals surface area contributed by atoms with Gasteiger partial charge in [-0.3, -0.25) is 10.1 Å². The fraction of sp³-hybridized carbons (Fsp3) is 0.222. The topological polar surface area (TPSA) is 66.4 Å². The Morgan fingerprint density at radius 1 is 1.09 bits per heavy atom. The summed E-state index contributed by atoms with van der Waals surface area (Å²) in [7, 11) is 0. The Bertz CT molecular complexity index is 706. The van der Waals surface area contributed by atoms with Gasteiger partial charge in [0, 0.05) is 17.7 Å². The number of carbonyl (C=O) groups is 2. The van der Waals surface area contributed by atoms with Crippen LogP contribution >= 0.6 is 0 Å². The minimum Gasteiger partial charge on any atom is -0.465 e. The second-order valence-corrected chi connectivity index (χ2v) is 5.59. The molecule has 0 radical (unpaired) electrons. The molecule has 0 heterocycles. The predicted octanol–water partition coefficient (Wildman–Crippen LogP) is 4.08. The van der Waals surface area contributed by atoms with Gasteiger partial charge in [0.2, 0.25) is 0 Å². The average molecular weight is 295 g/mol. The van der Waals surface area contributed by atoms with Crippen LogP contribution in [0, 0.1) is 0 Å². The standard InChI is InChI=1S/C18H17NO3/c20-17(13-4-2-1-3-5-13)11-15-10-14(12-6-7-12)8-9-16(15)19-18(21)22/h1-5,8-10,12,19H,6-7,11H2,(H,21,22). The minimum atomic E-state index is -1.12. The first-order valence-corrected chi connectivity index (χ1v) is 7.34. The fourth-order valence-electron chi connectivity index (χ4n) is 2.57. The normalized spacial score (nSPS) is 13.6. The molecule has 112 valence electrons. The van der Waals surface area contributed by atoms with E-state index in [1.165, 1.54) is 5.56 Å². The van der Waals surface area contributed by atoms with Crippen LogP contribution in [-0.2, 0) is 6.42 Å². The van der Waals surface area contributed by atoms with Gasteiger partial charge in [-0.15, -0.1) is 0 Å². The van der Waals surface area contributed by atoms with E-state index in [0.717, 1.165) is 18.4 Å². The number of ketones is 1. The van der Waals surface area contributed by atoms with Gasteiger partial charge in [-0.05, 0) is 36.0 Å². The Morgan fingerprint density at radius 2 is 1.82 bits per heavy atom. The van der Waals surface area contributed by atoms with E-state index in [-0.39, 0.29) is 12.2 Å². The van der Waals surface area contributed by atoms with Crippen LogP contribution in [0.5, 0.6) is 0 Å². The highest BCUT2D eigenvalue weighted by Crippen LogP contribution is 2.41. The number of anilines is 1. The largest absolute Gasteiger partial charge is 0.465 e. The quantitative estimate of drug-likeness (QED) is 0.817. The molecule has 0 aliphatic heterocycles. The molecule has 1 aliphatic rings. The van der Waals surface area contributed by atoms with Crippen LogP contribution in [0.2, 0.25) is 0 Å². The molecule has 1 amide bonds. The van der Waals surface area contributed by atoms with Crippen LogP contribution in [0.3, 0.4) is 0 Å². The van der Waals surface area contributed by atoms with Gasteiger partial charge >= 0.3 is 6.09 Å². The fourth-order valence-corrected chi connectivity index (χ4v) is 2.57. The Hall–Kier alpha value is -2.62. The lowest BCUT2D eigenvalue weighted by Crippen LogP contribution is -2.12. The van der Waals surface area contributed by atoms with Gasteiger partial charge in [0.05, 0.1) is 0 Å². The molecule has 2 aromatic carbocycles. The third-order valence-electron chi connectivity index (χ3n) is 3.87. The molecular formula is C18H17NO3. The Kier molecular flexibility index (Phi) is 3.92. The Labute approximate surface area is 128 Å². The zero-order chi connectivity index (χ0) is 15.5. The molecule has 1 saturated carbocycles. The van der Waals surface area contributed by atoms with Gasteiger partial charge in [0.1, 0.15) is 0 Å². The first kappa shape index (κ1) is 14.3. The maximum absolute atomic E-state index is 12.4. The van der Waals surface area contributed by atoms with Gasteiger partial charge in [-0.2, -0.15) is 0 Å². The smallest absolute Gasteiger partial charge is 0.409 e. The maximum Gasteiger partial charge on any atom is 0.409 e. The van der Waals surface area contributed by atoms with Crippen LogP contribution in [-0.4, -0.2) is 17.0 Å². The lowest BCUT2D eigenvalue weighted by atomic mass is 9.98. The molecular weight excluding hydrogens is 278 g/mol. The molecule has 0 atom stereocenters. The number of carboxylic acid groups (broad SMARTS) is 1. The highest BCUT2D eigenvalue weighted by atomic mass is 16.4. The number of carbonyl (C=O) groups excluding carboxylic acids is 1. The van der Waals surface area contributed by atoms with Crippen molar-refractivity contribution in [3.05, 3.63) is 65.2 Å². The summed E-state index contributed by atoms with van der Waals surface area (Å²) in [5, 5.41) is 11.3. The van der Waals surface area contributed by atoms with E-state index in [4.69, 9.17) is 5.11 Å². The van der Waals surface area contributed by atoms with Crippen molar-refractivity contribution < 1.29 is 14.7 Å². The number of hydrogen-bond donors (Lipinski definition) is 2. The number of benzene rings is 2. The molecule has 1 aliphatic carbocycles. The van der Waals surface area contributed by atoms with Crippen LogP contribution in [0.1, 0.15) is 40.2 Å². The molecule has 4 heteroatoms. The number of amides is 1. The molecule has 1 fully saturated rings. The summed E-state index contributed by atoms with van der Waals surface area (Å²) < 4.78 is 0. The molecule has 0 saturated heterocycles. The minimum absolute atomic E-state index is 0.0121. The molecule has 0 spiro atoms. The third-order valence-corrected chi connectivity index (χ3v) is 3.87. The van der Waals surface area contributed by atoms with Crippen LogP contribution in [0.25, 0.3) is 0 Å². The lowest BCUT2D eigenvalue weighted by molar-refractivity contribution is 0.0993. The van der Waals surface area contributed by atoms with Gasteiger partial charge in [-0.1, -0.05) is 42.5 Å². The first-order valence-electron chi connectivity index (χ1n) is 7.34. The van der Waals surface area contributed by atoms with E-state index in [1.807, 2.05) is 30.3 Å². The van der Waals surface area contributed by atoms with Crippen LogP contribution in [0.4, 0.5) is 10.5 Å². The molecule has 4 nitrogen and oxygen atoms in total. The lowest BCUT2D eigenvalue weighted by Gasteiger charge is -2.11. The van der Waals surface area contributed by atoms with E-state index in [2.05, 4.69) is 5.32 Å². The van der Waals surface area contributed by atoms with Gasteiger partial charge in [0.25, 0.3) is 0 Å². The summed E-state index contributed by atoms with van der Waals surface area (Å²) >= 11 is 0. The molecule has 2 N–H and O–H groups in total. The van der Waals surface area contributed by atoms with Gasteiger partial charge in [0.15, 0.2) is 5.78 Å². The van der Waals surface area contributed by atoms with Crippen molar-refractivity contribution in [2.45, 2.75) is 25.2 Å². The molecule has 22 heavy (non-hydrogen) atoms. The number of nitrogens with one attached hydrogen (secondary N) is 1. The zero-order valence-electron chi connectivity index (χ0n) is 12.1. The molecule has 2 aromatic rings. The van der Waals surface area contributed by atoms with E-state index in [0.29, 0.717) is 17.2 Å². The highest BCUT2D eigenvalue weighted by molar-refractivity contribution is 5.98. The van der Waals surface area contributed by atoms with E-state index in [9.17, 15) is 9.59 Å². The zero-order valence-corrected chi connectivity index (χ0v) is 12.1. The van der Waals surface area contributed by atoms with Gasteiger partial charge in [-0.25, -0.2) is 4.79 Å². The second-order valence-electron chi connectivity index (χ2n) is 5.59. The monoisotopic (exact) mass is 295 g/mol. The van der Waals surface area contributed by atoms with E-state index >= 15 is 0 Å². The summed E-state index contributed by atoms with van der Waals surface area (Å²) in [6, 6.07) is 14.7. The van der Waals surface area contributed by atoms with Crippen molar-refractivity contribution in [1.82, 2.24) is 0 Å².